The second-order valence-electron chi connectivity index (χ2n) is 1.28. The van der Waals surface area contributed by atoms with E-state index in [0.29, 0.717) is 6.42 Å². The molecule has 48 valence electrons. The Bertz CT molecular complexity index is 84.1. The van der Waals surface area contributed by atoms with Crippen molar-refractivity contribution in [1.29, 1.82) is 0 Å². The summed E-state index contributed by atoms with van der Waals surface area (Å²) in [7, 11) is 0. The van der Waals surface area contributed by atoms with Crippen molar-refractivity contribution in [2.24, 2.45) is 0 Å². The quantitative estimate of drug-likeness (QED) is 0.768. The molecule has 4 heteroatoms. The lowest BCUT2D eigenvalue weighted by atomic mass is 10.3. The average Bonchev–Trinajstić information content (AvgIpc) is 1.67. The van der Waals surface area contributed by atoms with E-state index in [1.807, 2.05) is 0 Å². The van der Waals surface area contributed by atoms with Gasteiger partial charge >= 0.3 is 5.97 Å². The van der Waals surface area contributed by atoms with Crippen LogP contribution in [0.3, 0.4) is 0 Å². The molecule has 0 spiro atoms. The summed E-state index contributed by atoms with van der Waals surface area (Å²) in [6, 6.07) is 0. The highest BCUT2D eigenvalue weighted by atomic mass is 79.9. The molecule has 0 aliphatic heterocycles. The van der Waals surface area contributed by atoms with E-state index >= 15 is 0 Å². The zero-order chi connectivity index (χ0) is 6.57. The van der Waals surface area contributed by atoms with Crippen LogP contribution >= 0.6 is 31.9 Å². The lowest BCUT2D eigenvalue weighted by molar-refractivity contribution is -0.136. The minimum Gasteiger partial charge on any atom is -0.480 e. The van der Waals surface area contributed by atoms with Gasteiger partial charge in [-0.05, 0) is 6.42 Å². The summed E-state index contributed by atoms with van der Waals surface area (Å²) in [6.07, 6.45) is 0.620. The van der Waals surface area contributed by atoms with E-state index in [-0.39, 0.29) is 0 Å². The Morgan fingerprint density at radius 2 is 2.25 bits per heavy atom. The zero-order valence-corrected chi connectivity index (χ0v) is 7.27. The van der Waals surface area contributed by atoms with Crippen LogP contribution in [0.2, 0.25) is 0 Å². The number of alkyl halides is 2. The molecule has 0 rings (SSSR count). The first-order chi connectivity index (χ1) is 3.68. The maximum absolute atomic E-state index is 10.0. The molecule has 0 unspecified atom stereocenters. The van der Waals surface area contributed by atoms with Crippen molar-refractivity contribution in [3.05, 3.63) is 0 Å². The third-order valence-electron chi connectivity index (χ3n) is 0.631. The van der Waals surface area contributed by atoms with Gasteiger partial charge in [0.1, 0.15) is 4.83 Å². The fraction of sp³-hybridized carbons (Fsp3) is 0.750. The number of halogens is 2. The molecule has 0 aromatic rings. The number of carboxylic acids is 1. The monoisotopic (exact) mass is 244 g/mol. The lowest BCUT2D eigenvalue weighted by Crippen LogP contribution is -2.12. The van der Waals surface area contributed by atoms with Crippen molar-refractivity contribution in [3.8, 4) is 0 Å². The van der Waals surface area contributed by atoms with Crippen molar-refractivity contribution < 1.29 is 9.90 Å². The minimum atomic E-state index is -0.801. The number of carboxylic acid groups (broad SMARTS) is 1. The maximum atomic E-state index is 10.0. The SMILES string of the molecule is O=C(O)[C@H](Br)CCBr. The van der Waals surface area contributed by atoms with Gasteiger partial charge in [-0.3, -0.25) is 4.79 Å². The molecule has 1 atom stereocenters. The van der Waals surface area contributed by atoms with Gasteiger partial charge in [0.15, 0.2) is 0 Å². The lowest BCUT2D eigenvalue weighted by Gasteiger charge is -1.97. The van der Waals surface area contributed by atoms with Crippen LogP contribution in [0.4, 0.5) is 0 Å². The second-order valence-corrected chi connectivity index (χ2v) is 3.18. The molecule has 0 saturated carbocycles. The smallest absolute Gasteiger partial charge is 0.317 e. The van der Waals surface area contributed by atoms with Crippen LogP contribution in [0.15, 0.2) is 0 Å². The van der Waals surface area contributed by atoms with Gasteiger partial charge in [0.05, 0.1) is 0 Å². The van der Waals surface area contributed by atoms with E-state index in [1.165, 1.54) is 0 Å². The number of carbonyl (C=O) groups is 1. The largest absolute Gasteiger partial charge is 0.480 e. The standard InChI is InChI=1S/C4H6Br2O2/c5-2-1-3(6)4(7)8/h3H,1-2H2,(H,7,8)/t3-/m1/s1. The molecule has 0 radical (unpaired) electrons. The number of rotatable bonds is 3. The molecule has 0 amide bonds. The molecule has 0 saturated heterocycles. The van der Waals surface area contributed by atoms with Crippen LogP contribution in [-0.4, -0.2) is 21.2 Å². The number of aliphatic carboxylic acids is 1. The fourth-order valence-corrected chi connectivity index (χ4v) is 1.52. The van der Waals surface area contributed by atoms with Crippen LogP contribution in [0, 0.1) is 0 Å². The van der Waals surface area contributed by atoms with Crippen LogP contribution < -0.4 is 0 Å². The highest BCUT2D eigenvalue weighted by molar-refractivity contribution is 9.10. The summed E-state index contributed by atoms with van der Waals surface area (Å²) in [5.74, 6) is -0.801. The van der Waals surface area contributed by atoms with E-state index < -0.39 is 10.8 Å². The van der Waals surface area contributed by atoms with Crippen molar-refractivity contribution in [3.63, 3.8) is 0 Å². The van der Waals surface area contributed by atoms with E-state index in [4.69, 9.17) is 5.11 Å². The molecular formula is C4H6Br2O2. The average molecular weight is 246 g/mol. The molecule has 2 nitrogen and oxygen atoms in total. The Balaban J connectivity index is 3.32. The molecule has 0 aromatic heterocycles. The summed E-state index contributed by atoms with van der Waals surface area (Å²) in [4.78, 5) is 9.62. The minimum absolute atomic E-state index is 0.401. The normalized spacial score (nSPS) is 13.2. The van der Waals surface area contributed by atoms with Gasteiger partial charge in [0, 0.05) is 5.33 Å². The van der Waals surface area contributed by atoms with Crippen molar-refractivity contribution in [2.75, 3.05) is 5.33 Å². The van der Waals surface area contributed by atoms with Crippen LogP contribution in [0.5, 0.6) is 0 Å². The first kappa shape index (κ1) is 8.43. The summed E-state index contributed by atoms with van der Waals surface area (Å²) in [5, 5.41) is 8.96. The third kappa shape index (κ3) is 3.43. The van der Waals surface area contributed by atoms with Crippen molar-refractivity contribution >= 4 is 37.8 Å². The molecule has 0 aromatic carbocycles. The van der Waals surface area contributed by atoms with Crippen LogP contribution in [0.25, 0.3) is 0 Å². The summed E-state index contributed by atoms with van der Waals surface area (Å²) in [6.45, 7) is 0. The van der Waals surface area contributed by atoms with E-state index in [2.05, 4.69) is 31.9 Å². The molecule has 0 bridgehead atoms. The predicted molar refractivity (Wildman–Crippen MR) is 38.8 cm³/mol. The van der Waals surface area contributed by atoms with Gasteiger partial charge in [-0.15, -0.1) is 0 Å². The van der Waals surface area contributed by atoms with Gasteiger partial charge in [-0.2, -0.15) is 0 Å². The molecule has 0 fully saturated rings. The zero-order valence-electron chi connectivity index (χ0n) is 4.10. The summed E-state index contributed by atoms with van der Waals surface area (Å²) >= 11 is 6.10. The van der Waals surface area contributed by atoms with Gasteiger partial charge in [0.25, 0.3) is 0 Å². The molecule has 0 heterocycles. The van der Waals surface area contributed by atoms with Gasteiger partial charge in [-0.1, -0.05) is 31.9 Å². The maximum Gasteiger partial charge on any atom is 0.317 e. The molecule has 0 aliphatic carbocycles. The number of hydrogen-bond acceptors (Lipinski definition) is 1. The fourth-order valence-electron chi connectivity index (χ4n) is 0.219. The summed E-state index contributed by atoms with van der Waals surface area (Å²) in [5.41, 5.74) is 0. The van der Waals surface area contributed by atoms with Crippen molar-refractivity contribution in [2.45, 2.75) is 11.2 Å². The highest BCUT2D eigenvalue weighted by Gasteiger charge is 2.10. The molecular weight excluding hydrogens is 240 g/mol. The first-order valence-electron chi connectivity index (χ1n) is 2.11. The van der Waals surface area contributed by atoms with Gasteiger partial charge in [0.2, 0.25) is 0 Å². The van der Waals surface area contributed by atoms with Crippen LogP contribution in [-0.2, 0) is 4.79 Å². The molecule has 1 N–H and O–H groups in total. The van der Waals surface area contributed by atoms with Gasteiger partial charge in [-0.25, -0.2) is 0 Å². The second kappa shape index (κ2) is 4.32. The van der Waals surface area contributed by atoms with E-state index in [9.17, 15) is 4.79 Å². The highest BCUT2D eigenvalue weighted by Crippen LogP contribution is 2.05. The topological polar surface area (TPSA) is 37.3 Å². The Morgan fingerprint density at radius 3 is 2.38 bits per heavy atom. The van der Waals surface area contributed by atoms with Crippen molar-refractivity contribution in [1.82, 2.24) is 0 Å². The Morgan fingerprint density at radius 1 is 1.75 bits per heavy atom. The third-order valence-corrected chi connectivity index (χ3v) is 1.94. The Hall–Kier alpha value is 0.430. The number of hydrogen-bond donors (Lipinski definition) is 1. The van der Waals surface area contributed by atoms with E-state index in [0.717, 1.165) is 5.33 Å². The summed E-state index contributed by atoms with van der Waals surface area (Å²) < 4.78 is 0. The predicted octanol–water partition coefficient (Wildman–Crippen LogP) is 1.62. The van der Waals surface area contributed by atoms with Gasteiger partial charge < -0.3 is 5.11 Å². The molecule has 0 aliphatic rings. The van der Waals surface area contributed by atoms with Crippen LogP contribution in [0.1, 0.15) is 6.42 Å². The van der Waals surface area contributed by atoms with E-state index in [1.54, 1.807) is 0 Å². The Kier molecular flexibility index (Phi) is 4.56. The Labute approximate surface area is 64.5 Å². The first-order valence-corrected chi connectivity index (χ1v) is 4.15. The molecule has 8 heavy (non-hydrogen) atoms.